The number of aryl methyl sites for hydroxylation is 1. The minimum Gasteiger partial charge on any atom is -0.348 e. The Morgan fingerprint density at radius 2 is 1.76 bits per heavy atom. The Bertz CT molecular complexity index is 870. The van der Waals surface area contributed by atoms with Crippen LogP contribution >= 0.6 is 0 Å². The number of aromatic nitrogens is 2. The number of benzene rings is 2. The molecule has 0 spiro atoms. The van der Waals surface area contributed by atoms with Gasteiger partial charge in [0, 0.05) is 23.4 Å². The first kappa shape index (κ1) is 16.9. The van der Waals surface area contributed by atoms with Gasteiger partial charge in [-0.1, -0.05) is 30.3 Å². The molecule has 0 bridgehead atoms. The molecule has 0 saturated heterocycles. The highest BCUT2D eigenvalue weighted by atomic mass is 19.1. The van der Waals surface area contributed by atoms with E-state index < -0.39 is 0 Å². The number of rotatable bonds is 5. The van der Waals surface area contributed by atoms with Gasteiger partial charge in [0.05, 0.1) is 12.2 Å². The van der Waals surface area contributed by atoms with Gasteiger partial charge >= 0.3 is 0 Å². The van der Waals surface area contributed by atoms with Crippen molar-refractivity contribution in [1.82, 2.24) is 15.1 Å². The molecule has 0 fully saturated rings. The van der Waals surface area contributed by atoms with Crippen molar-refractivity contribution in [2.75, 3.05) is 0 Å². The SMILES string of the molecule is Cc1nn(Cc2ccccc2)c(C)c1CNC(=O)c1ccc(F)cc1. The fourth-order valence-corrected chi connectivity index (χ4v) is 2.77. The third-order valence-corrected chi connectivity index (χ3v) is 4.24. The number of amides is 1. The Morgan fingerprint density at radius 3 is 2.44 bits per heavy atom. The Morgan fingerprint density at radius 1 is 1.08 bits per heavy atom. The van der Waals surface area contributed by atoms with Gasteiger partial charge in [-0.3, -0.25) is 9.48 Å². The van der Waals surface area contributed by atoms with Gasteiger partial charge < -0.3 is 5.32 Å². The third-order valence-electron chi connectivity index (χ3n) is 4.24. The summed E-state index contributed by atoms with van der Waals surface area (Å²) >= 11 is 0. The van der Waals surface area contributed by atoms with Crippen molar-refractivity contribution in [3.05, 3.63) is 88.5 Å². The fourth-order valence-electron chi connectivity index (χ4n) is 2.77. The van der Waals surface area contributed by atoms with Crippen LogP contribution in [-0.4, -0.2) is 15.7 Å². The van der Waals surface area contributed by atoms with Crippen LogP contribution in [0.1, 0.15) is 32.9 Å². The second-order valence-corrected chi connectivity index (χ2v) is 5.98. The van der Waals surface area contributed by atoms with E-state index in [1.165, 1.54) is 29.8 Å². The first-order valence-electron chi connectivity index (χ1n) is 8.15. The molecule has 5 heteroatoms. The zero-order valence-corrected chi connectivity index (χ0v) is 14.3. The lowest BCUT2D eigenvalue weighted by atomic mass is 10.1. The Kier molecular flexibility index (Phi) is 4.93. The number of halogens is 1. The molecule has 1 aromatic heterocycles. The summed E-state index contributed by atoms with van der Waals surface area (Å²) in [6, 6.07) is 15.6. The summed E-state index contributed by atoms with van der Waals surface area (Å²) in [6.07, 6.45) is 0. The molecule has 128 valence electrons. The molecule has 1 N–H and O–H groups in total. The maximum Gasteiger partial charge on any atom is 0.251 e. The second kappa shape index (κ2) is 7.30. The molecule has 2 aromatic carbocycles. The van der Waals surface area contributed by atoms with Gasteiger partial charge in [0.1, 0.15) is 5.82 Å². The lowest BCUT2D eigenvalue weighted by Crippen LogP contribution is -2.23. The number of hydrogen-bond donors (Lipinski definition) is 1. The van der Waals surface area contributed by atoms with E-state index in [9.17, 15) is 9.18 Å². The minimum atomic E-state index is -0.356. The van der Waals surface area contributed by atoms with E-state index in [0.717, 1.165) is 17.0 Å². The van der Waals surface area contributed by atoms with Crippen LogP contribution in [0.2, 0.25) is 0 Å². The van der Waals surface area contributed by atoms with Crippen molar-refractivity contribution in [2.24, 2.45) is 0 Å². The van der Waals surface area contributed by atoms with Gasteiger partial charge in [-0.25, -0.2) is 4.39 Å². The van der Waals surface area contributed by atoms with E-state index >= 15 is 0 Å². The quantitative estimate of drug-likeness (QED) is 0.773. The van der Waals surface area contributed by atoms with Gasteiger partial charge in [-0.2, -0.15) is 5.10 Å². The summed E-state index contributed by atoms with van der Waals surface area (Å²) in [5.41, 5.74) is 4.54. The van der Waals surface area contributed by atoms with E-state index in [0.29, 0.717) is 18.7 Å². The summed E-state index contributed by atoms with van der Waals surface area (Å²) in [4.78, 5) is 12.2. The Labute approximate surface area is 146 Å². The Balaban J connectivity index is 1.70. The van der Waals surface area contributed by atoms with Crippen LogP contribution in [0.25, 0.3) is 0 Å². The minimum absolute atomic E-state index is 0.227. The van der Waals surface area contributed by atoms with Crippen LogP contribution < -0.4 is 5.32 Å². The summed E-state index contributed by atoms with van der Waals surface area (Å²) in [5, 5.41) is 7.46. The molecule has 1 amide bonds. The molecule has 0 radical (unpaired) electrons. The normalized spacial score (nSPS) is 10.7. The lowest BCUT2D eigenvalue weighted by Gasteiger charge is -2.07. The highest BCUT2D eigenvalue weighted by Gasteiger charge is 2.13. The van der Waals surface area contributed by atoms with E-state index in [4.69, 9.17) is 0 Å². The number of nitrogens with one attached hydrogen (secondary N) is 1. The summed E-state index contributed by atoms with van der Waals surface area (Å²) in [6.45, 7) is 5.03. The average molecular weight is 337 g/mol. The lowest BCUT2D eigenvalue weighted by molar-refractivity contribution is 0.0951. The summed E-state index contributed by atoms with van der Waals surface area (Å²) in [7, 11) is 0. The molecule has 1 heterocycles. The molecule has 0 aliphatic carbocycles. The van der Waals surface area contributed by atoms with E-state index in [1.807, 2.05) is 36.7 Å². The smallest absolute Gasteiger partial charge is 0.251 e. The van der Waals surface area contributed by atoms with Gasteiger partial charge in [0.25, 0.3) is 5.91 Å². The molecular formula is C20H20FN3O. The van der Waals surface area contributed by atoms with Crippen LogP contribution in [0, 0.1) is 19.7 Å². The highest BCUT2D eigenvalue weighted by molar-refractivity contribution is 5.94. The van der Waals surface area contributed by atoms with Crippen LogP contribution in [-0.2, 0) is 13.1 Å². The summed E-state index contributed by atoms with van der Waals surface area (Å²) < 4.78 is 14.9. The van der Waals surface area contributed by atoms with Gasteiger partial charge in [-0.15, -0.1) is 0 Å². The second-order valence-electron chi connectivity index (χ2n) is 5.98. The third kappa shape index (κ3) is 3.94. The monoisotopic (exact) mass is 337 g/mol. The molecule has 0 atom stereocenters. The number of hydrogen-bond acceptors (Lipinski definition) is 2. The maximum absolute atomic E-state index is 12.9. The number of carbonyl (C=O) groups excluding carboxylic acids is 1. The average Bonchev–Trinajstić information content (AvgIpc) is 2.88. The molecule has 3 aromatic rings. The highest BCUT2D eigenvalue weighted by Crippen LogP contribution is 2.15. The van der Waals surface area contributed by atoms with Crippen LogP contribution in [0.15, 0.2) is 54.6 Å². The molecule has 4 nitrogen and oxygen atoms in total. The molecular weight excluding hydrogens is 317 g/mol. The maximum atomic E-state index is 12.9. The molecule has 0 saturated carbocycles. The molecule has 3 rings (SSSR count). The molecule has 0 aliphatic rings. The molecule has 0 unspecified atom stereocenters. The van der Waals surface area contributed by atoms with Crippen LogP contribution in [0.5, 0.6) is 0 Å². The number of carbonyl (C=O) groups is 1. The van der Waals surface area contributed by atoms with Gasteiger partial charge in [0.15, 0.2) is 0 Å². The van der Waals surface area contributed by atoms with Crippen LogP contribution in [0.3, 0.4) is 0 Å². The fraction of sp³-hybridized carbons (Fsp3) is 0.200. The first-order valence-corrected chi connectivity index (χ1v) is 8.15. The van der Waals surface area contributed by atoms with Crippen molar-refractivity contribution in [1.29, 1.82) is 0 Å². The predicted octanol–water partition coefficient (Wildman–Crippen LogP) is 3.62. The van der Waals surface area contributed by atoms with E-state index in [1.54, 1.807) is 0 Å². The number of nitrogens with zero attached hydrogens (tertiary/aromatic N) is 2. The van der Waals surface area contributed by atoms with Crippen molar-refractivity contribution in [3.8, 4) is 0 Å². The van der Waals surface area contributed by atoms with Crippen molar-refractivity contribution >= 4 is 5.91 Å². The van der Waals surface area contributed by atoms with Gasteiger partial charge in [-0.05, 0) is 43.7 Å². The van der Waals surface area contributed by atoms with Crippen LogP contribution in [0.4, 0.5) is 4.39 Å². The molecule has 0 aliphatic heterocycles. The largest absolute Gasteiger partial charge is 0.348 e. The van der Waals surface area contributed by atoms with E-state index in [2.05, 4.69) is 22.5 Å². The van der Waals surface area contributed by atoms with Crippen molar-refractivity contribution < 1.29 is 9.18 Å². The predicted molar refractivity (Wildman–Crippen MR) is 94.8 cm³/mol. The molecule has 25 heavy (non-hydrogen) atoms. The van der Waals surface area contributed by atoms with Crippen molar-refractivity contribution in [3.63, 3.8) is 0 Å². The topological polar surface area (TPSA) is 46.9 Å². The first-order chi connectivity index (χ1) is 12.0. The standard InChI is InChI=1S/C20H20FN3O/c1-14-19(12-22-20(25)17-8-10-18(21)11-9-17)15(2)24(23-14)13-16-6-4-3-5-7-16/h3-11H,12-13H2,1-2H3,(H,22,25). The zero-order chi connectivity index (χ0) is 17.8. The zero-order valence-electron chi connectivity index (χ0n) is 14.3. The van der Waals surface area contributed by atoms with Crippen molar-refractivity contribution in [2.45, 2.75) is 26.9 Å². The summed E-state index contributed by atoms with van der Waals surface area (Å²) in [5.74, 6) is -0.583. The van der Waals surface area contributed by atoms with E-state index in [-0.39, 0.29) is 11.7 Å². The van der Waals surface area contributed by atoms with Gasteiger partial charge in [0.2, 0.25) is 0 Å². The Hall–Kier alpha value is -2.95.